The van der Waals surface area contributed by atoms with Crippen LogP contribution in [0.5, 0.6) is 0 Å². The molecule has 0 aromatic heterocycles. The third-order valence-electron chi connectivity index (χ3n) is 3.64. The van der Waals surface area contributed by atoms with Crippen molar-refractivity contribution in [2.45, 2.75) is 64.8 Å². The number of carbonyl (C=O) groups is 1. The van der Waals surface area contributed by atoms with Crippen molar-refractivity contribution in [3.05, 3.63) is 0 Å². The highest BCUT2D eigenvalue weighted by atomic mass is 19.3. The van der Waals surface area contributed by atoms with Gasteiger partial charge in [-0.25, -0.2) is 8.78 Å². The molecule has 0 bridgehead atoms. The van der Waals surface area contributed by atoms with Crippen molar-refractivity contribution in [1.29, 1.82) is 0 Å². The minimum absolute atomic E-state index is 0.0204. The second kappa shape index (κ2) is 5.78. The van der Waals surface area contributed by atoms with Crippen LogP contribution in [0, 0.1) is 5.92 Å². The van der Waals surface area contributed by atoms with Gasteiger partial charge in [0.15, 0.2) is 0 Å². The van der Waals surface area contributed by atoms with Gasteiger partial charge in [-0.1, -0.05) is 6.92 Å². The van der Waals surface area contributed by atoms with Crippen molar-refractivity contribution in [3.63, 3.8) is 0 Å². The summed E-state index contributed by atoms with van der Waals surface area (Å²) in [5, 5.41) is 0. The van der Waals surface area contributed by atoms with E-state index < -0.39 is 5.92 Å². The normalized spacial score (nSPS) is 24.6. The largest absolute Gasteiger partial charge is 0.340 e. The Hall–Kier alpha value is -0.670. The van der Waals surface area contributed by atoms with Crippen LogP contribution in [0.15, 0.2) is 0 Å². The molecule has 0 N–H and O–H groups in total. The molecule has 0 aromatic carbocycles. The van der Waals surface area contributed by atoms with Gasteiger partial charge in [0.25, 0.3) is 0 Å². The molecule has 100 valence electrons. The molecule has 1 aliphatic heterocycles. The molecule has 0 radical (unpaired) electrons. The van der Waals surface area contributed by atoms with Crippen molar-refractivity contribution < 1.29 is 13.6 Å². The Morgan fingerprint density at radius 1 is 1.47 bits per heavy atom. The van der Waals surface area contributed by atoms with E-state index in [4.69, 9.17) is 0 Å². The van der Waals surface area contributed by atoms with Crippen molar-refractivity contribution in [2.75, 3.05) is 6.54 Å². The standard InChI is InChI=1S/C13H23F2NO/c1-4-10(2)16-8-7-11(5-6-12(16)17)9-13(3,14)15/h10-11H,4-9H2,1-3H3. The number of alkyl halides is 2. The molecule has 2 atom stereocenters. The maximum absolute atomic E-state index is 13.0. The van der Waals surface area contributed by atoms with Gasteiger partial charge < -0.3 is 4.90 Å². The van der Waals surface area contributed by atoms with E-state index in [9.17, 15) is 13.6 Å². The summed E-state index contributed by atoms with van der Waals surface area (Å²) >= 11 is 0. The fourth-order valence-electron chi connectivity index (χ4n) is 2.46. The first-order chi connectivity index (χ1) is 7.83. The van der Waals surface area contributed by atoms with E-state index in [-0.39, 0.29) is 24.3 Å². The van der Waals surface area contributed by atoms with Crippen LogP contribution in [-0.4, -0.2) is 29.3 Å². The number of halogens is 2. The number of hydrogen-bond acceptors (Lipinski definition) is 1. The number of amides is 1. The van der Waals surface area contributed by atoms with Crippen LogP contribution in [0.2, 0.25) is 0 Å². The topological polar surface area (TPSA) is 20.3 Å². The van der Waals surface area contributed by atoms with E-state index in [1.165, 1.54) is 0 Å². The van der Waals surface area contributed by atoms with Gasteiger partial charge >= 0.3 is 0 Å². The van der Waals surface area contributed by atoms with Crippen LogP contribution in [0.1, 0.15) is 52.9 Å². The SMILES string of the molecule is CCC(C)N1CCC(CC(C)(F)F)CCC1=O. The molecule has 4 heteroatoms. The first-order valence-corrected chi connectivity index (χ1v) is 6.50. The Bertz CT molecular complexity index is 263. The van der Waals surface area contributed by atoms with E-state index in [2.05, 4.69) is 0 Å². The summed E-state index contributed by atoms with van der Waals surface area (Å²) in [7, 11) is 0. The zero-order valence-corrected chi connectivity index (χ0v) is 11.0. The fraction of sp³-hybridized carbons (Fsp3) is 0.923. The molecular formula is C13H23F2NO. The smallest absolute Gasteiger partial charge is 0.245 e. The summed E-state index contributed by atoms with van der Waals surface area (Å²) < 4.78 is 25.9. The Labute approximate surface area is 102 Å². The predicted octanol–water partition coefficient (Wildman–Crippen LogP) is 3.46. The average Bonchev–Trinajstić information content (AvgIpc) is 2.38. The van der Waals surface area contributed by atoms with E-state index in [1.54, 1.807) is 0 Å². The molecule has 1 fully saturated rings. The molecule has 17 heavy (non-hydrogen) atoms. The number of nitrogens with zero attached hydrogens (tertiary/aromatic N) is 1. The van der Waals surface area contributed by atoms with Gasteiger partial charge in [0.05, 0.1) is 0 Å². The number of carbonyl (C=O) groups excluding carboxylic acids is 1. The molecule has 1 aliphatic rings. The lowest BCUT2D eigenvalue weighted by Gasteiger charge is -2.27. The molecule has 0 saturated carbocycles. The number of hydrogen-bond donors (Lipinski definition) is 0. The first kappa shape index (κ1) is 14.4. The highest BCUT2D eigenvalue weighted by Gasteiger charge is 2.31. The quantitative estimate of drug-likeness (QED) is 0.745. The Kier molecular flexibility index (Phi) is 4.90. The second-order valence-electron chi connectivity index (χ2n) is 5.31. The highest BCUT2D eigenvalue weighted by molar-refractivity contribution is 5.76. The summed E-state index contributed by atoms with van der Waals surface area (Å²) in [6.07, 6.45) is 2.56. The van der Waals surface area contributed by atoms with Crippen LogP contribution in [-0.2, 0) is 4.79 Å². The minimum atomic E-state index is -2.61. The van der Waals surface area contributed by atoms with Crippen LogP contribution in [0.4, 0.5) is 8.78 Å². The predicted molar refractivity (Wildman–Crippen MR) is 64.0 cm³/mol. The lowest BCUT2D eigenvalue weighted by Crippen LogP contribution is -2.37. The minimum Gasteiger partial charge on any atom is -0.340 e. The van der Waals surface area contributed by atoms with Crippen LogP contribution >= 0.6 is 0 Å². The van der Waals surface area contributed by atoms with E-state index in [0.29, 0.717) is 25.8 Å². The van der Waals surface area contributed by atoms with Crippen LogP contribution in [0.25, 0.3) is 0 Å². The molecule has 1 rings (SSSR count). The van der Waals surface area contributed by atoms with Gasteiger partial charge in [-0.05, 0) is 39.0 Å². The molecule has 1 heterocycles. The van der Waals surface area contributed by atoms with Crippen molar-refractivity contribution in [3.8, 4) is 0 Å². The average molecular weight is 247 g/mol. The molecule has 0 spiro atoms. The Morgan fingerprint density at radius 3 is 2.65 bits per heavy atom. The summed E-state index contributed by atoms with van der Waals surface area (Å²) in [4.78, 5) is 13.7. The lowest BCUT2D eigenvalue weighted by molar-refractivity contribution is -0.132. The van der Waals surface area contributed by atoms with Crippen LogP contribution < -0.4 is 0 Å². The van der Waals surface area contributed by atoms with Crippen LogP contribution in [0.3, 0.4) is 0 Å². The van der Waals surface area contributed by atoms with Gasteiger partial charge in [0.2, 0.25) is 11.8 Å². The van der Waals surface area contributed by atoms with Gasteiger partial charge in [0, 0.05) is 25.4 Å². The summed E-state index contributed by atoms with van der Waals surface area (Å²) in [6.45, 7) is 5.66. The Balaban J connectivity index is 2.56. The monoisotopic (exact) mass is 247 g/mol. The third-order valence-corrected chi connectivity index (χ3v) is 3.64. The van der Waals surface area contributed by atoms with Gasteiger partial charge in [-0.15, -0.1) is 0 Å². The van der Waals surface area contributed by atoms with Gasteiger partial charge in [-0.3, -0.25) is 4.79 Å². The van der Waals surface area contributed by atoms with Gasteiger partial charge in [0.1, 0.15) is 0 Å². The number of likely N-dealkylation sites (tertiary alicyclic amines) is 1. The molecule has 1 amide bonds. The zero-order chi connectivity index (χ0) is 13.1. The van der Waals surface area contributed by atoms with E-state index >= 15 is 0 Å². The fourth-order valence-corrected chi connectivity index (χ4v) is 2.46. The molecule has 1 saturated heterocycles. The molecule has 0 aromatic rings. The van der Waals surface area contributed by atoms with Crippen molar-refractivity contribution >= 4 is 5.91 Å². The summed E-state index contributed by atoms with van der Waals surface area (Å²) in [5.41, 5.74) is 0. The zero-order valence-electron chi connectivity index (χ0n) is 11.0. The van der Waals surface area contributed by atoms with Crippen molar-refractivity contribution in [1.82, 2.24) is 4.90 Å². The molecular weight excluding hydrogens is 224 g/mol. The lowest BCUT2D eigenvalue weighted by atomic mass is 9.94. The third kappa shape index (κ3) is 4.60. The molecule has 2 unspecified atom stereocenters. The summed E-state index contributed by atoms with van der Waals surface area (Å²) in [6, 6.07) is 0.225. The number of rotatable bonds is 4. The maximum atomic E-state index is 13.0. The van der Waals surface area contributed by atoms with Gasteiger partial charge in [-0.2, -0.15) is 0 Å². The van der Waals surface area contributed by atoms with E-state index in [0.717, 1.165) is 13.3 Å². The molecule has 0 aliphatic carbocycles. The molecule has 2 nitrogen and oxygen atoms in total. The van der Waals surface area contributed by atoms with Crippen molar-refractivity contribution in [2.24, 2.45) is 5.92 Å². The van der Waals surface area contributed by atoms with E-state index in [1.807, 2.05) is 18.7 Å². The maximum Gasteiger partial charge on any atom is 0.245 e. The first-order valence-electron chi connectivity index (χ1n) is 6.50. The highest BCUT2D eigenvalue weighted by Crippen LogP contribution is 2.30. The Morgan fingerprint density at radius 2 is 2.12 bits per heavy atom. The summed E-state index contributed by atoms with van der Waals surface area (Å²) in [5.74, 6) is -2.51. The second-order valence-corrected chi connectivity index (χ2v) is 5.31.